The van der Waals surface area contributed by atoms with Crippen molar-refractivity contribution in [1.29, 1.82) is 0 Å². The van der Waals surface area contributed by atoms with Crippen molar-refractivity contribution in [2.24, 2.45) is 0 Å². The van der Waals surface area contributed by atoms with Gasteiger partial charge in [-0.1, -0.05) is 42.5 Å². The van der Waals surface area contributed by atoms with Crippen LogP contribution in [0.3, 0.4) is 0 Å². The number of hydrogen-bond donors (Lipinski definition) is 1. The molecule has 0 saturated heterocycles. The molecule has 104 valence electrons. The van der Waals surface area contributed by atoms with Gasteiger partial charge in [0.1, 0.15) is 17.3 Å². The Bertz CT molecular complexity index is 709. The molecule has 0 aliphatic rings. The van der Waals surface area contributed by atoms with Gasteiger partial charge in [-0.25, -0.2) is 4.98 Å². The summed E-state index contributed by atoms with van der Waals surface area (Å²) in [6, 6.07) is 22.0. The monoisotopic (exact) mass is 276 g/mol. The molecule has 0 bridgehead atoms. The van der Waals surface area contributed by atoms with Crippen LogP contribution in [0.5, 0.6) is 11.5 Å². The summed E-state index contributed by atoms with van der Waals surface area (Å²) >= 11 is 0. The van der Waals surface area contributed by atoms with Crippen molar-refractivity contribution in [3.8, 4) is 11.5 Å². The molecule has 0 amide bonds. The predicted molar refractivity (Wildman–Crippen MR) is 84.4 cm³/mol. The van der Waals surface area contributed by atoms with Gasteiger partial charge in [0.25, 0.3) is 0 Å². The highest BCUT2D eigenvalue weighted by molar-refractivity contribution is 5.39. The van der Waals surface area contributed by atoms with Crippen molar-refractivity contribution >= 4 is 5.82 Å². The van der Waals surface area contributed by atoms with Gasteiger partial charge in [0.05, 0.1) is 0 Å². The van der Waals surface area contributed by atoms with Crippen molar-refractivity contribution in [3.05, 3.63) is 84.1 Å². The largest absolute Gasteiger partial charge is 0.457 e. The molecule has 0 unspecified atom stereocenters. The van der Waals surface area contributed by atoms with E-state index in [1.54, 1.807) is 18.3 Å². The fourth-order valence-electron chi connectivity index (χ4n) is 2.13. The average molecular weight is 276 g/mol. The smallest absolute Gasteiger partial charge is 0.132 e. The van der Waals surface area contributed by atoms with E-state index < -0.39 is 0 Å². The van der Waals surface area contributed by atoms with E-state index >= 15 is 0 Å². The van der Waals surface area contributed by atoms with Gasteiger partial charge >= 0.3 is 0 Å². The van der Waals surface area contributed by atoms with E-state index in [0.717, 1.165) is 12.2 Å². The molecular weight excluding hydrogens is 260 g/mol. The van der Waals surface area contributed by atoms with Crippen LogP contribution in [0.4, 0.5) is 5.82 Å². The van der Waals surface area contributed by atoms with E-state index in [2.05, 4.69) is 41.4 Å². The van der Waals surface area contributed by atoms with Gasteiger partial charge in [-0.15, -0.1) is 0 Å². The molecule has 2 N–H and O–H groups in total. The van der Waals surface area contributed by atoms with Crippen LogP contribution < -0.4 is 10.5 Å². The highest BCUT2D eigenvalue weighted by atomic mass is 16.5. The molecule has 0 aliphatic heterocycles. The summed E-state index contributed by atoms with van der Waals surface area (Å²) in [4.78, 5) is 3.94. The molecular formula is C18H16N2O. The number of hydrogen-bond acceptors (Lipinski definition) is 3. The first-order valence-corrected chi connectivity index (χ1v) is 6.82. The predicted octanol–water partition coefficient (Wildman–Crippen LogP) is 4.05. The van der Waals surface area contributed by atoms with E-state index in [-0.39, 0.29) is 0 Å². The third-order valence-electron chi connectivity index (χ3n) is 3.16. The molecule has 3 nitrogen and oxygen atoms in total. The summed E-state index contributed by atoms with van der Waals surface area (Å²) in [6.07, 6.45) is 2.55. The number of nitrogen functional groups attached to an aromatic ring is 1. The second-order valence-corrected chi connectivity index (χ2v) is 4.82. The highest BCUT2D eigenvalue weighted by Gasteiger charge is 2.00. The lowest BCUT2D eigenvalue weighted by Crippen LogP contribution is -1.91. The first kappa shape index (κ1) is 13.2. The molecule has 0 atom stereocenters. The van der Waals surface area contributed by atoms with Crippen LogP contribution in [0.2, 0.25) is 0 Å². The molecule has 1 heterocycles. The van der Waals surface area contributed by atoms with Gasteiger partial charge in [-0.2, -0.15) is 0 Å². The number of nitrogens with two attached hydrogens (primary N) is 1. The highest BCUT2D eigenvalue weighted by Crippen LogP contribution is 2.23. The lowest BCUT2D eigenvalue weighted by Gasteiger charge is -2.07. The van der Waals surface area contributed by atoms with Crippen LogP contribution in [0.1, 0.15) is 11.1 Å². The van der Waals surface area contributed by atoms with Crippen LogP contribution in [-0.2, 0) is 6.42 Å². The second kappa shape index (κ2) is 6.09. The third-order valence-corrected chi connectivity index (χ3v) is 3.16. The zero-order chi connectivity index (χ0) is 14.5. The van der Waals surface area contributed by atoms with E-state index in [9.17, 15) is 0 Å². The first-order chi connectivity index (χ1) is 10.3. The minimum Gasteiger partial charge on any atom is -0.457 e. The fraction of sp³-hybridized carbons (Fsp3) is 0.0556. The molecule has 2 aromatic carbocycles. The number of ether oxygens (including phenoxy) is 1. The summed E-state index contributed by atoms with van der Waals surface area (Å²) in [6.45, 7) is 0. The number of rotatable bonds is 4. The standard InChI is InChI=1S/C18H16N2O/c19-18-13-17(10-11-20-18)21-16-8-6-15(7-9-16)12-14-4-2-1-3-5-14/h1-11,13H,12H2,(H2,19,20). The van der Waals surface area contributed by atoms with Gasteiger partial charge in [0.2, 0.25) is 0 Å². The minimum atomic E-state index is 0.452. The Morgan fingerprint density at radius 2 is 1.52 bits per heavy atom. The Balaban J connectivity index is 1.69. The molecule has 0 fully saturated rings. The van der Waals surface area contributed by atoms with Crippen LogP contribution in [-0.4, -0.2) is 4.98 Å². The van der Waals surface area contributed by atoms with Crippen molar-refractivity contribution in [3.63, 3.8) is 0 Å². The normalized spacial score (nSPS) is 10.3. The van der Waals surface area contributed by atoms with Crippen molar-refractivity contribution < 1.29 is 4.74 Å². The van der Waals surface area contributed by atoms with E-state index in [1.165, 1.54) is 11.1 Å². The fourth-order valence-corrected chi connectivity index (χ4v) is 2.13. The maximum absolute atomic E-state index is 5.74. The molecule has 0 radical (unpaired) electrons. The van der Waals surface area contributed by atoms with Crippen molar-refractivity contribution in [1.82, 2.24) is 4.98 Å². The third kappa shape index (κ3) is 3.60. The van der Waals surface area contributed by atoms with Crippen LogP contribution in [0.25, 0.3) is 0 Å². The average Bonchev–Trinajstić information content (AvgIpc) is 2.50. The number of pyridine rings is 1. The second-order valence-electron chi connectivity index (χ2n) is 4.82. The van der Waals surface area contributed by atoms with Crippen molar-refractivity contribution in [2.45, 2.75) is 6.42 Å². The number of benzene rings is 2. The first-order valence-electron chi connectivity index (χ1n) is 6.82. The van der Waals surface area contributed by atoms with Crippen LogP contribution >= 0.6 is 0 Å². The summed E-state index contributed by atoms with van der Waals surface area (Å²) in [5, 5.41) is 0. The van der Waals surface area contributed by atoms with E-state index in [1.807, 2.05) is 18.2 Å². The molecule has 0 saturated carbocycles. The van der Waals surface area contributed by atoms with Gasteiger partial charge in [-0.05, 0) is 35.7 Å². The molecule has 0 spiro atoms. The van der Waals surface area contributed by atoms with E-state index in [0.29, 0.717) is 11.6 Å². The van der Waals surface area contributed by atoms with Gasteiger partial charge < -0.3 is 10.5 Å². The lowest BCUT2D eigenvalue weighted by molar-refractivity contribution is 0.482. The Kier molecular flexibility index (Phi) is 3.83. The summed E-state index contributed by atoms with van der Waals surface area (Å²) in [5.41, 5.74) is 8.18. The number of nitrogens with zero attached hydrogens (tertiary/aromatic N) is 1. The Labute approximate surface area is 124 Å². The summed E-state index contributed by atoms with van der Waals surface area (Å²) < 4.78 is 5.74. The maximum Gasteiger partial charge on any atom is 0.132 e. The topological polar surface area (TPSA) is 48.1 Å². The quantitative estimate of drug-likeness (QED) is 0.782. The van der Waals surface area contributed by atoms with Crippen LogP contribution in [0, 0.1) is 0 Å². The molecule has 21 heavy (non-hydrogen) atoms. The number of anilines is 1. The Morgan fingerprint density at radius 1 is 0.810 bits per heavy atom. The molecule has 3 heteroatoms. The Morgan fingerprint density at radius 3 is 2.24 bits per heavy atom. The molecule has 3 aromatic rings. The SMILES string of the molecule is Nc1cc(Oc2ccc(Cc3ccccc3)cc2)ccn1. The van der Waals surface area contributed by atoms with Crippen LogP contribution in [0.15, 0.2) is 72.9 Å². The molecule has 0 aliphatic carbocycles. The molecule has 3 rings (SSSR count). The summed E-state index contributed by atoms with van der Waals surface area (Å²) in [7, 11) is 0. The number of aromatic nitrogens is 1. The van der Waals surface area contributed by atoms with Gasteiger partial charge in [0.15, 0.2) is 0 Å². The van der Waals surface area contributed by atoms with Crippen molar-refractivity contribution in [2.75, 3.05) is 5.73 Å². The zero-order valence-corrected chi connectivity index (χ0v) is 11.6. The maximum atomic E-state index is 5.74. The lowest BCUT2D eigenvalue weighted by atomic mass is 10.1. The summed E-state index contributed by atoms with van der Waals surface area (Å²) in [5.74, 6) is 1.93. The minimum absolute atomic E-state index is 0.452. The Hall–Kier alpha value is -2.81. The zero-order valence-electron chi connectivity index (χ0n) is 11.6. The van der Waals surface area contributed by atoms with Gasteiger partial charge in [-0.3, -0.25) is 0 Å². The van der Waals surface area contributed by atoms with Gasteiger partial charge in [0, 0.05) is 12.3 Å². The van der Waals surface area contributed by atoms with E-state index in [4.69, 9.17) is 10.5 Å². The molecule has 1 aromatic heterocycles.